The first kappa shape index (κ1) is 33.5. The highest BCUT2D eigenvalue weighted by molar-refractivity contribution is 14.1. The first-order valence-corrected chi connectivity index (χ1v) is 16.6. The standard InChI is InChI=1S/C29H39BrF3IN6O4/c1-27(2,3)44-26(41)40-16-28(17-40)5-7-38(8-6-28)24-19-15-20(34)21(30)23(43-18-29(31,32)33)22(19)35-25(36-24)39-11-9-37(10-12-39)13-14-42-4/h15H,5-14,16-18H2,1-4H3. The van der Waals surface area contributed by atoms with Crippen molar-refractivity contribution in [3.63, 3.8) is 0 Å². The van der Waals surface area contributed by atoms with Crippen LogP contribution in [-0.2, 0) is 9.47 Å². The average molecular weight is 799 g/mol. The SMILES string of the molecule is COCCN1CCN(c2nc(N3CCC4(CC3)CN(C(=O)OC(C)(C)C)C4)c3cc(I)c(Br)c(OCC(F)(F)F)c3n2)CC1. The molecule has 3 fully saturated rings. The number of alkyl halides is 3. The number of benzene rings is 1. The zero-order chi connectivity index (χ0) is 31.9. The quantitative estimate of drug-likeness (QED) is 0.336. The van der Waals surface area contributed by atoms with E-state index in [1.807, 2.05) is 26.8 Å². The van der Waals surface area contributed by atoms with Crippen molar-refractivity contribution in [1.29, 1.82) is 0 Å². The number of methoxy groups -OCH3 is 1. The zero-order valence-corrected chi connectivity index (χ0v) is 29.2. The third kappa shape index (κ3) is 7.74. The number of halogens is 5. The molecule has 0 aliphatic carbocycles. The Balaban J connectivity index is 1.42. The molecule has 3 aliphatic heterocycles. The van der Waals surface area contributed by atoms with E-state index in [1.54, 1.807) is 12.0 Å². The molecule has 0 bridgehead atoms. The normalized spacial score (nSPS) is 19.4. The summed E-state index contributed by atoms with van der Waals surface area (Å²) in [5.74, 6) is 1.23. The largest absolute Gasteiger partial charge is 0.481 e. The van der Waals surface area contributed by atoms with Gasteiger partial charge < -0.3 is 28.9 Å². The third-order valence-corrected chi connectivity index (χ3v) is 10.7. The van der Waals surface area contributed by atoms with E-state index in [0.717, 1.165) is 32.5 Å². The zero-order valence-electron chi connectivity index (χ0n) is 25.5. The number of rotatable bonds is 7. The Hall–Kier alpha value is -1.85. The Bertz CT molecular complexity index is 1350. The van der Waals surface area contributed by atoms with Gasteiger partial charge in [-0.15, -0.1) is 0 Å². The lowest BCUT2D eigenvalue weighted by atomic mass is 9.72. The fourth-order valence-corrected chi connectivity index (χ4v) is 6.92. The van der Waals surface area contributed by atoms with E-state index in [-0.39, 0.29) is 17.3 Å². The fourth-order valence-electron chi connectivity index (χ4n) is 5.94. The number of anilines is 2. The van der Waals surface area contributed by atoms with Crippen LogP contribution < -0.4 is 14.5 Å². The van der Waals surface area contributed by atoms with Crippen molar-refractivity contribution in [2.75, 3.05) is 89.0 Å². The van der Waals surface area contributed by atoms with Crippen molar-refractivity contribution in [1.82, 2.24) is 19.8 Å². The molecule has 244 valence electrons. The summed E-state index contributed by atoms with van der Waals surface area (Å²) in [6.45, 7) is 11.3. The van der Waals surface area contributed by atoms with Crippen LogP contribution in [0.5, 0.6) is 5.75 Å². The Morgan fingerprint density at radius 1 is 1.05 bits per heavy atom. The summed E-state index contributed by atoms with van der Waals surface area (Å²) in [6, 6.07) is 1.90. The van der Waals surface area contributed by atoms with E-state index >= 15 is 0 Å². The first-order chi connectivity index (χ1) is 20.7. The molecule has 3 saturated heterocycles. The van der Waals surface area contributed by atoms with E-state index in [0.29, 0.717) is 76.6 Å². The maximum atomic E-state index is 13.3. The minimum atomic E-state index is -4.50. The summed E-state index contributed by atoms with van der Waals surface area (Å²) >= 11 is 5.55. The Kier molecular flexibility index (Phi) is 9.98. The van der Waals surface area contributed by atoms with Crippen LogP contribution >= 0.6 is 38.5 Å². The summed E-state index contributed by atoms with van der Waals surface area (Å²) in [5.41, 5.74) is -0.167. The summed E-state index contributed by atoms with van der Waals surface area (Å²) < 4.78 is 57.1. The minimum absolute atomic E-state index is 0.0238. The number of aromatic nitrogens is 2. The molecule has 10 nitrogen and oxygen atoms in total. The first-order valence-electron chi connectivity index (χ1n) is 14.8. The lowest BCUT2D eigenvalue weighted by Crippen LogP contribution is -2.62. The monoisotopic (exact) mass is 798 g/mol. The molecule has 15 heteroatoms. The second kappa shape index (κ2) is 13.1. The van der Waals surface area contributed by atoms with Gasteiger partial charge >= 0.3 is 12.3 Å². The number of amides is 1. The number of hydrogen-bond donors (Lipinski definition) is 0. The van der Waals surface area contributed by atoms with E-state index in [2.05, 4.69) is 53.2 Å². The highest BCUT2D eigenvalue weighted by atomic mass is 127. The van der Waals surface area contributed by atoms with Crippen molar-refractivity contribution in [2.45, 2.75) is 45.4 Å². The molecule has 0 unspecified atom stereocenters. The van der Waals surface area contributed by atoms with Gasteiger partial charge in [0, 0.05) is 80.4 Å². The van der Waals surface area contributed by atoms with Crippen LogP contribution in [0.1, 0.15) is 33.6 Å². The van der Waals surface area contributed by atoms with Gasteiger partial charge in [0.25, 0.3) is 0 Å². The van der Waals surface area contributed by atoms with Crippen LogP contribution in [0.4, 0.5) is 29.7 Å². The Morgan fingerprint density at radius 2 is 1.70 bits per heavy atom. The molecule has 4 heterocycles. The lowest BCUT2D eigenvalue weighted by Gasteiger charge is -2.53. The molecule has 0 radical (unpaired) electrons. The minimum Gasteiger partial charge on any atom is -0.481 e. The van der Waals surface area contributed by atoms with E-state index < -0.39 is 18.4 Å². The molecule has 1 amide bonds. The van der Waals surface area contributed by atoms with Crippen LogP contribution in [-0.4, -0.2) is 117 Å². The van der Waals surface area contributed by atoms with Gasteiger partial charge in [0.05, 0.1) is 11.1 Å². The Morgan fingerprint density at radius 3 is 2.30 bits per heavy atom. The topological polar surface area (TPSA) is 83.5 Å². The number of carbonyl (C=O) groups is 1. The van der Waals surface area contributed by atoms with Crippen LogP contribution in [0.3, 0.4) is 0 Å². The van der Waals surface area contributed by atoms with Crippen LogP contribution in [0, 0.1) is 8.99 Å². The number of hydrogen-bond acceptors (Lipinski definition) is 9. The fraction of sp³-hybridized carbons (Fsp3) is 0.690. The smallest absolute Gasteiger partial charge is 0.422 e. The molecule has 1 aromatic carbocycles. The number of nitrogens with zero attached hydrogens (tertiary/aromatic N) is 6. The third-order valence-electron chi connectivity index (χ3n) is 8.28. The van der Waals surface area contributed by atoms with E-state index in [9.17, 15) is 18.0 Å². The number of ether oxygens (including phenoxy) is 3. The van der Waals surface area contributed by atoms with E-state index in [1.165, 1.54) is 0 Å². The summed E-state index contributed by atoms with van der Waals surface area (Å²) in [4.78, 5) is 30.8. The van der Waals surface area contributed by atoms with Gasteiger partial charge in [-0.3, -0.25) is 4.90 Å². The summed E-state index contributed by atoms with van der Waals surface area (Å²) in [6.07, 6.45) is -3.07. The number of piperidine rings is 1. The van der Waals surface area contributed by atoms with Gasteiger partial charge in [-0.2, -0.15) is 18.2 Å². The predicted molar refractivity (Wildman–Crippen MR) is 174 cm³/mol. The number of likely N-dealkylation sites (tertiary alicyclic amines) is 1. The molecule has 3 aliphatic rings. The molecular weight excluding hydrogens is 760 g/mol. The second-order valence-corrected chi connectivity index (χ2v) is 14.7. The highest BCUT2D eigenvalue weighted by Crippen LogP contribution is 2.45. The summed E-state index contributed by atoms with van der Waals surface area (Å²) in [7, 11) is 1.68. The van der Waals surface area contributed by atoms with Gasteiger partial charge in [-0.25, -0.2) is 9.78 Å². The molecule has 0 saturated carbocycles. The van der Waals surface area contributed by atoms with Gasteiger partial charge in [0.2, 0.25) is 5.95 Å². The predicted octanol–water partition coefficient (Wildman–Crippen LogP) is 5.54. The second-order valence-electron chi connectivity index (χ2n) is 12.8. The van der Waals surface area contributed by atoms with Crippen molar-refractivity contribution >= 4 is 67.3 Å². The van der Waals surface area contributed by atoms with Crippen LogP contribution in [0.2, 0.25) is 0 Å². The number of fused-ring (bicyclic) bond motifs is 1. The molecule has 44 heavy (non-hydrogen) atoms. The van der Waals surface area contributed by atoms with Gasteiger partial charge in [-0.05, 0) is 78.2 Å². The summed E-state index contributed by atoms with van der Waals surface area (Å²) in [5, 5.41) is 0.650. The highest BCUT2D eigenvalue weighted by Gasteiger charge is 2.48. The van der Waals surface area contributed by atoms with Gasteiger partial charge in [0.1, 0.15) is 16.9 Å². The average Bonchev–Trinajstić information content (AvgIpc) is 2.93. The number of piperazine rings is 1. The molecule has 2 aromatic rings. The van der Waals surface area contributed by atoms with Gasteiger partial charge in [-0.1, -0.05) is 0 Å². The Labute approximate surface area is 277 Å². The lowest BCUT2D eigenvalue weighted by molar-refractivity contribution is -0.153. The van der Waals surface area contributed by atoms with Crippen LogP contribution in [0.25, 0.3) is 10.9 Å². The maximum Gasteiger partial charge on any atom is 0.422 e. The van der Waals surface area contributed by atoms with Gasteiger partial charge in [0.15, 0.2) is 12.4 Å². The molecule has 0 N–H and O–H groups in total. The molecule has 0 atom stereocenters. The van der Waals surface area contributed by atoms with Crippen LogP contribution in [0.15, 0.2) is 10.5 Å². The van der Waals surface area contributed by atoms with E-state index in [4.69, 9.17) is 24.2 Å². The van der Waals surface area contributed by atoms with Crippen molar-refractivity contribution < 1.29 is 32.2 Å². The molecule has 5 rings (SSSR count). The maximum absolute atomic E-state index is 13.3. The molecule has 1 spiro atoms. The van der Waals surface area contributed by atoms with Crippen molar-refractivity contribution in [2.24, 2.45) is 5.41 Å². The van der Waals surface area contributed by atoms with Crippen molar-refractivity contribution in [3.8, 4) is 5.75 Å². The molecular formula is C29H39BrF3IN6O4. The number of carbonyl (C=O) groups excluding carboxylic acids is 1. The van der Waals surface area contributed by atoms with Crippen molar-refractivity contribution in [3.05, 3.63) is 14.1 Å². The molecule has 1 aromatic heterocycles.